The second kappa shape index (κ2) is 8.29. The van der Waals surface area contributed by atoms with E-state index in [2.05, 4.69) is 5.32 Å². The topological polar surface area (TPSA) is 69.3 Å². The summed E-state index contributed by atoms with van der Waals surface area (Å²) >= 11 is 0. The largest absolute Gasteiger partial charge is 0.496 e. The van der Waals surface area contributed by atoms with E-state index in [0.717, 1.165) is 28.3 Å². The van der Waals surface area contributed by atoms with E-state index in [-0.39, 0.29) is 5.91 Å². The molecule has 4 rings (SSSR count). The van der Waals surface area contributed by atoms with Crippen molar-refractivity contribution in [3.8, 4) is 22.7 Å². The Bertz CT molecular complexity index is 1180. The van der Waals surface area contributed by atoms with Gasteiger partial charge in [-0.25, -0.2) is 4.68 Å². The Morgan fingerprint density at radius 3 is 2.53 bits per heavy atom. The van der Waals surface area contributed by atoms with Gasteiger partial charge in [0.15, 0.2) is 0 Å². The summed E-state index contributed by atoms with van der Waals surface area (Å²) in [7, 11) is 1.61. The number of aryl methyl sites for hydroxylation is 2. The second-order valence-corrected chi connectivity index (χ2v) is 6.99. The summed E-state index contributed by atoms with van der Waals surface area (Å²) in [6.07, 6.45) is 1.75. The van der Waals surface area contributed by atoms with E-state index >= 15 is 0 Å². The molecule has 0 saturated carbocycles. The van der Waals surface area contributed by atoms with Gasteiger partial charge >= 0.3 is 0 Å². The molecule has 1 amide bonds. The van der Waals surface area contributed by atoms with E-state index in [0.29, 0.717) is 23.6 Å². The maximum absolute atomic E-state index is 13.1. The third-order valence-corrected chi connectivity index (χ3v) is 4.92. The fourth-order valence-corrected chi connectivity index (χ4v) is 3.42. The van der Waals surface area contributed by atoms with Crippen molar-refractivity contribution in [3.05, 3.63) is 89.5 Å². The number of hydrogen-bond acceptors (Lipinski definition) is 4. The number of para-hydroxylation sites is 2. The van der Waals surface area contributed by atoms with Crippen LogP contribution in [0.1, 0.15) is 27.4 Å². The van der Waals surface area contributed by atoms with Gasteiger partial charge in [-0.3, -0.25) is 4.79 Å². The monoisotopic (exact) mass is 401 g/mol. The van der Waals surface area contributed by atoms with Crippen LogP contribution >= 0.6 is 0 Å². The standard InChI is InChI=1S/C24H23N3O3/c1-16-13-18(17(2)30-16)14-25-24(28)21-15-27(19-9-5-4-6-10-19)26-23(21)20-11-7-8-12-22(20)29-3/h4-13,15H,14H2,1-3H3,(H,25,28). The number of rotatable bonds is 6. The molecule has 0 saturated heterocycles. The zero-order chi connectivity index (χ0) is 21.1. The third kappa shape index (κ3) is 3.85. The van der Waals surface area contributed by atoms with Crippen LogP contribution in [0.3, 0.4) is 0 Å². The van der Waals surface area contributed by atoms with Gasteiger partial charge in [-0.2, -0.15) is 5.10 Å². The molecule has 2 heterocycles. The first-order valence-electron chi connectivity index (χ1n) is 9.69. The highest BCUT2D eigenvalue weighted by atomic mass is 16.5. The van der Waals surface area contributed by atoms with E-state index < -0.39 is 0 Å². The molecular formula is C24H23N3O3. The summed E-state index contributed by atoms with van der Waals surface area (Å²) in [5.41, 5.74) is 3.62. The van der Waals surface area contributed by atoms with Gasteiger partial charge in [0, 0.05) is 23.9 Å². The maximum atomic E-state index is 13.1. The number of nitrogens with one attached hydrogen (secondary N) is 1. The Morgan fingerprint density at radius 2 is 1.83 bits per heavy atom. The van der Waals surface area contributed by atoms with E-state index in [4.69, 9.17) is 14.3 Å². The molecule has 0 aliphatic carbocycles. The lowest BCUT2D eigenvalue weighted by Crippen LogP contribution is -2.23. The van der Waals surface area contributed by atoms with E-state index in [1.165, 1.54) is 0 Å². The number of amides is 1. The number of ether oxygens (including phenoxy) is 1. The molecule has 6 heteroatoms. The van der Waals surface area contributed by atoms with Crippen LogP contribution in [-0.4, -0.2) is 22.8 Å². The summed E-state index contributed by atoms with van der Waals surface area (Å²) < 4.78 is 12.8. The molecule has 0 bridgehead atoms. The lowest BCUT2D eigenvalue weighted by molar-refractivity contribution is 0.0951. The summed E-state index contributed by atoms with van der Waals surface area (Å²) in [5.74, 6) is 2.07. The molecule has 0 radical (unpaired) electrons. The molecule has 6 nitrogen and oxygen atoms in total. The van der Waals surface area contributed by atoms with Gasteiger partial charge in [0.1, 0.15) is 23.0 Å². The highest BCUT2D eigenvalue weighted by Crippen LogP contribution is 2.31. The smallest absolute Gasteiger partial charge is 0.255 e. The van der Waals surface area contributed by atoms with Gasteiger partial charge in [0.05, 0.1) is 18.4 Å². The Morgan fingerprint density at radius 1 is 1.10 bits per heavy atom. The SMILES string of the molecule is COc1ccccc1-c1nn(-c2ccccc2)cc1C(=O)NCc1cc(C)oc1C. The van der Waals surface area contributed by atoms with Crippen LogP contribution in [0.4, 0.5) is 0 Å². The molecule has 152 valence electrons. The minimum Gasteiger partial charge on any atom is -0.496 e. The van der Waals surface area contributed by atoms with Crippen molar-refractivity contribution in [2.24, 2.45) is 0 Å². The van der Waals surface area contributed by atoms with Gasteiger partial charge in [-0.15, -0.1) is 0 Å². The summed E-state index contributed by atoms with van der Waals surface area (Å²) in [5, 5.41) is 7.70. The number of aromatic nitrogens is 2. The third-order valence-electron chi connectivity index (χ3n) is 4.92. The summed E-state index contributed by atoms with van der Waals surface area (Å²) in [6.45, 7) is 4.16. The Hall–Kier alpha value is -3.80. The molecule has 4 aromatic rings. The molecular weight excluding hydrogens is 378 g/mol. The Kier molecular flexibility index (Phi) is 5.39. The lowest BCUT2D eigenvalue weighted by Gasteiger charge is -2.08. The molecule has 0 atom stereocenters. The summed E-state index contributed by atoms with van der Waals surface area (Å²) in [4.78, 5) is 13.1. The van der Waals surface area contributed by atoms with Crippen LogP contribution in [0.5, 0.6) is 5.75 Å². The molecule has 0 spiro atoms. The number of carbonyl (C=O) groups excluding carboxylic acids is 1. The lowest BCUT2D eigenvalue weighted by atomic mass is 10.1. The first-order chi connectivity index (χ1) is 14.6. The first-order valence-corrected chi connectivity index (χ1v) is 9.69. The average molecular weight is 401 g/mol. The molecule has 0 aliphatic rings. The molecule has 2 aromatic carbocycles. The molecule has 30 heavy (non-hydrogen) atoms. The van der Waals surface area contributed by atoms with Gasteiger partial charge in [0.25, 0.3) is 5.91 Å². The normalized spacial score (nSPS) is 10.8. The molecule has 0 unspecified atom stereocenters. The summed E-state index contributed by atoms with van der Waals surface area (Å²) in [6, 6.07) is 19.2. The van der Waals surface area contributed by atoms with Crippen molar-refractivity contribution in [1.29, 1.82) is 0 Å². The van der Waals surface area contributed by atoms with Crippen LogP contribution in [0, 0.1) is 13.8 Å². The molecule has 1 N–H and O–H groups in total. The number of carbonyl (C=O) groups is 1. The molecule has 2 aromatic heterocycles. The zero-order valence-corrected chi connectivity index (χ0v) is 17.2. The first kappa shape index (κ1) is 19.5. The van der Waals surface area contributed by atoms with Crippen molar-refractivity contribution in [2.45, 2.75) is 20.4 Å². The predicted molar refractivity (Wildman–Crippen MR) is 115 cm³/mol. The van der Waals surface area contributed by atoms with Crippen LogP contribution in [0.25, 0.3) is 16.9 Å². The van der Waals surface area contributed by atoms with Crippen molar-refractivity contribution < 1.29 is 13.9 Å². The van der Waals surface area contributed by atoms with Gasteiger partial charge in [0.2, 0.25) is 0 Å². The van der Waals surface area contributed by atoms with Gasteiger partial charge < -0.3 is 14.5 Å². The number of furan rings is 1. The van der Waals surface area contributed by atoms with E-state index in [1.54, 1.807) is 18.0 Å². The van der Waals surface area contributed by atoms with Crippen LogP contribution in [0.15, 0.2) is 71.3 Å². The van der Waals surface area contributed by atoms with Gasteiger partial charge in [-0.1, -0.05) is 30.3 Å². The fourth-order valence-electron chi connectivity index (χ4n) is 3.42. The zero-order valence-electron chi connectivity index (χ0n) is 17.2. The number of benzene rings is 2. The number of nitrogens with zero attached hydrogens (tertiary/aromatic N) is 2. The second-order valence-electron chi connectivity index (χ2n) is 6.99. The Labute approximate surface area is 175 Å². The maximum Gasteiger partial charge on any atom is 0.255 e. The predicted octanol–water partition coefficient (Wildman–Crippen LogP) is 4.69. The minimum atomic E-state index is -0.212. The highest BCUT2D eigenvalue weighted by Gasteiger charge is 2.21. The van der Waals surface area contributed by atoms with Crippen LogP contribution in [0.2, 0.25) is 0 Å². The van der Waals surface area contributed by atoms with E-state index in [9.17, 15) is 4.79 Å². The van der Waals surface area contributed by atoms with Crippen molar-refractivity contribution in [2.75, 3.05) is 7.11 Å². The molecule has 0 aliphatic heterocycles. The average Bonchev–Trinajstić information content (AvgIpc) is 3.35. The van der Waals surface area contributed by atoms with Crippen molar-refractivity contribution in [1.82, 2.24) is 15.1 Å². The Balaban J connectivity index is 1.72. The van der Waals surface area contributed by atoms with Gasteiger partial charge in [-0.05, 0) is 44.2 Å². The van der Waals surface area contributed by atoms with E-state index in [1.807, 2.05) is 74.5 Å². The molecule has 0 fully saturated rings. The van der Waals surface area contributed by atoms with Crippen molar-refractivity contribution in [3.63, 3.8) is 0 Å². The fraction of sp³-hybridized carbons (Fsp3) is 0.167. The van der Waals surface area contributed by atoms with Crippen LogP contribution in [-0.2, 0) is 6.54 Å². The quantitative estimate of drug-likeness (QED) is 0.509. The highest BCUT2D eigenvalue weighted by molar-refractivity contribution is 6.00. The number of methoxy groups -OCH3 is 1. The van der Waals surface area contributed by atoms with Crippen LogP contribution < -0.4 is 10.1 Å². The number of hydrogen-bond donors (Lipinski definition) is 1. The van der Waals surface area contributed by atoms with Crippen molar-refractivity contribution >= 4 is 5.91 Å². The minimum absolute atomic E-state index is 0.212.